The first-order valence-electron chi connectivity index (χ1n) is 6.59. The van der Waals surface area contributed by atoms with Crippen LogP contribution in [0.25, 0.3) is 0 Å². The van der Waals surface area contributed by atoms with Crippen molar-refractivity contribution in [1.29, 1.82) is 0 Å². The second-order valence-electron chi connectivity index (χ2n) is 4.31. The summed E-state index contributed by atoms with van der Waals surface area (Å²) in [7, 11) is 1.63. The molecule has 0 heterocycles. The number of aromatic hydroxyl groups is 1. The molecule has 0 atom stereocenters. The highest BCUT2D eigenvalue weighted by Gasteiger charge is 2.11. The van der Waals surface area contributed by atoms with E-state index in [0.717, 1.165) is 12.8 Å². The Bertz CT molecular complexity index is 424. The number of anilines is 1. The number of phenolic OH excluding ortho intramolecular Hbond substituents is 1. The van der Waals surface area contributed by atoms with E-state index < -0.39 is 0 Å². The van der Waals surface area contributed by atoms with Crippen LogP contribution in [-0.2, 0) is 9.47 Å². The molecule has 6 nitrogen and oxygen atoms in total. The van der Waals surface area contributed by atoms with Gasteiger partial charge in [0.2, 0.25) is 0 Å². The number of amides is 1. The summed E-state index contributed by atoms with van der Waals surface area (Å²) >= 11 is 0. The number of benzene rings is 1. The number of para-hydroxylation sites is 1. The van der Waals surface area contributed by atoms with Gasteiger partial charge in [-0.15, -0.1) is 0 Å². The summed E-state index contributed by atoms with van der Waals surface area (Å²) in [5, 5.41) is 12.4. The molecule has 0 saturated carbocycles. The minimum atomic E-state index is -0.324. The van der Waals surface area contributed by atoms with Gasteiger partial charge >= 0.3 is 0 Å². The van der Waals surface area contributed by atoms with E-state index in [1.165, 1.54) is 6.07 Å². The second kappa shape index (κ2) is 9.17. The fraction of sp³-hybridized carbons (Fsp3) is 0.500. The highest BCUT2D eigenvalue weighted by molar-refractivity contribution is 5.98. The molecule has 112 valence electrons. The highest BCUT2D eigenvalue weighted by atomic mass is 16.5. The molecule has 0 bridgehead atoms. The molecule has 1 aromatic carbocycles. The lowest BCUT2D eigenvalue weighted by Crippen LogP contribution is -2.24. The monoisotopic (exact) mass is 282 g/mol. The van der Waals surface area contributed by atoms with Crippen LogP contribution in [0.2, 0.25) is 0 Å². The minimum Gasteiger partial charge on any atom is -0.505 e. The molecule has 0 aliphatic heterocycles. The van der Waals surface area contributed by atoms with Crippen LogP contribution in [0, 0.1) is 0 Å². The van der Waals surface area contributed by atoms with Gasteiger partial charge in [-0.3, -0.25) is 4.79 Å². The maximum atomic E-state index is 11.8. The lowest BCUT2D eigenvalue weighted by Gasteiger charge is -2.08. The quantitative estimate of drug-likeness (QED) is 0.359. The molecule has 0 spiro atoms. The van der Waals surface area contributed by atoms with Crippen molar-refractivity contribution >= 4 is 11.6 Å². The largest absolute Gasteiger partial charge is 0.505 e. The lowest BCUT2D eigenvalue weighted by atomic mass is 10.1. The van der Waals surface area contributed by atoms with Crippen LogP contribution in [-0.4, -0.2) is 44.5 Å². The van der Waals surface area contributed by atoms with Gasteiger partial charge in [-0.2, -0.15) is 0 Å². The van der Waals surface area contributed by atoms with Crippen molar-refractivity contribution in [2.75, 3.05) is 39.2 Å². The average molecular weight is 282 g/mol. The number of methoxy groups -OCH3 is 1. The zero-order valence-corrected chi connectivity index (χ0v) is 11.7. The first-order valence-corrected chi connectivity index (χ1v) is 6.59. The van der Waals surface area contributed by atoms with E-state index in [9.17, 15) is 9.90 Å². The van der Waals surface area contributed by atoms with Crippen LogP contribution in [0.15, 0.2) is 18.2 Å². The van der Waals surface area contributed by atoms with E-state index in [1.807, 2.05) is 0 Å². The van der Waals surface area contributed by atoms with Gasteiger partial charge in [0.05, 0.1) is 24.5 Å². The van der Waals surface area contributed by atoms with E-state index in [1.54, 1.807) is 19.2 Å². The lowest BCUT2D eigenvalue weighted by molar-refractivity contribution is 0.0686. The molecule has 0 aromatic heterocycles. The summed E-state index contributed by atoms with van der Waals surface area (Å²) in [4.78, 5) is 11.8. The van der Waals surface area contributed by atoms with Gasteiger partial charge < -0.3 is 25.6 Å². The normalized spacial score (nSPS) is 10.4. The molecule has 20 heavy (non-hydrogen) atoms. The smallest absolute Gasteiger partial charge is 0.255 e. The Hall–Kier alpha value is -1.79. The summed E-state index contributed by atoms with van der Waals surface area (Å²) in [6.07, 6.45) is 1.66. The number of carbonyl (C=O) groups excluding carboxylic acids is 1. The van der Waals surface area contributed by atoms with Crippen LogP contribution >= 0.6 is 0 Å². The number of unbranched alkanes of at least 4 members (excludes halogenated alkanes) is 1. The number of phenols is 1. The number of carbonyl (C=O) groups is 1. The molecule has 0 radical (unpaired) electrons. The second-order valence-corrected chi connectivity index (χ2v) is 4.31. The Morgan fingerprint density at radius 2 is 2.10 bits per heavy atom. The van der Waals surface area contributed by atoms with Crippen molar-refractivity contribution in [2.45, 2.75) is 12.8 Å². The molecule has 1 rings (SSSR count). The molecule has 4 N–H and O–H groups in total. The standard InChI is InChI=1S/C14H22N2O4/c1-19-9-10-20-8-3-2-7-16-14(18)11-5-4-6-12(15)13(11)17/h4-6,17H,2-3,7-10,15H2,1H3,(H,16,18). The third-order valence-corrected chi connectivity index (χ3v) is 2.74. The van der Waals surface area contributed by atoms with E-state index in [-0.39, 0.29) is 22.9 Å². The maximum absolute atomic E-state index is 11.8. The summed E-state index contributed by atoms with van der Waals surface area (Å²) in [6.45, 7) is 2.34. The molecule has 0 saturated heterocycles. The Morgan fingerprint density at radius 3 is 2.85 bits per heavy atom. The van der Waals surface area contributed by atoms with Crippen molar-refractivity contribution in [1.82, 2.24) is 5.32 Å². The van der Waals surface area contributed by atoms with Gasteiger partial charge in [0.15, 0.2) is 5.75 Å². The molecular weight excluding hydrogens is 260 g/mol. The van der Waals surface area contributed by atoms with Gasteiger partial charge in [0.1, 0.15) is 0 Å². The first-order chi connectivity index (χ1) is 9.66. The number of ether oxygens (including phenoxy) is 2. The fourth-order valence-corrected chi connectivity index (χ4v) is 1.62. The third-order valence-electron chi connectivity index (χ3n) is 2.74. The molecule has 0 aliphatic carbocycles. The number of hydrogen-bond acceptors (Lipinski definition) is 5. The molecular formula is C14H22N2O4. The third kappa shape index (κ3) is 5.46. The molecule has 0 unspecified atom stereocenters. The van der Waals surface area contributed by atoms with Gasteiger partial charge in [-0.25, -0.2) is 0 Å². The van der Waals surface area contributed by atoms with Crippen LogP contribution in [0.4, 0.5) is 5.69 Å². The fourth-order valence-electron chi connectivity index (χ4n) is 1.62. The summed E-state index contributed by atoms with van der Waals surface area (Å²) in [6, 6.07) is 4.71. The molecule has 0 aliphatic rings. The topological polar surface area (TPSA) is 93.8 Å². The van der Waals surface area contributed by atoms with Crippen molar-refractivity contribution in [2.24, 2.45) is 0 Å². The Labute approximate surface area is 118 Å². The van der Waals surface area contributed by atoms with Gasteiger partial charge in [0.25, 0.3) is 5.91 Å². The van der Waals surface area contributed by atoms with E-state index in [2.05, 4.69) is 5.32 Å². The van der Waals surface area contributed by atoms with Crippen LogP contribution in [0.1, 0.15) is 23.2 Å². The number of rotatable bonds is 9. The van der Waals surface area contributed by atoms with E-state index in [4.69, 9.17) is 15.2 Å². The molecule has 1 aromatic rings. The molecule has 1 amide bonds. The van der Waals surface area contributed by atoms with Gasteiger partial charge in [-0.05, 0) is 25.0 Å². The van der Waals surface area contributed by atoms with E-state index in [0.29, 0.717) is 26.4 Å². The SMILES string of the molecule is COCCOCCCCNC(=O)c1cccc(N)c1O. The number of hydrogen-bond donors (Lipinski definition) is 3. The van der Waals surface area contributed by atoms with Crippen molar-refractivity contribution in [3.05, 3.63) is 23.8 Å². The van der Waals surface area contributed by atoms with E-state index >= 15 is 0 Å². The number of nitrogens with one attached hydrogen (secondary N) is 1. The number of nitrogens with two attached hydrogens (primary N) is 1. The van der Waals surface area contributed by atoms with Crippen LogP contribution in [0.3, 0.4) is 0 Å². The van der Waals surface area contributed by atoms with Gasteiger partial charge in [0, 0.05) is 20.3 Å². The summed E-state index contributed by atoms with van der Waals surface area (Å²) < 4.78 is 10.2. The highest BCUT2D eigenvalue weighted by Crippen LogP contribution is 2.23. The van der Waals surface area contributed by atoms with Crippen molar-refractivity contribution < 1.29 is 19.4 Å². The van der Waals surface area contributed by atoms with Crippen molar-refractivity contribution in [3.8, 4) is 5.75 Å². The summed E-state index contributed by atoms with van der Waals surface area (Å²) in [5.74, 6) is -0.497. The Kier molecular flexibility index (Phi) is 7.46. The molecule has 0 fully saturated rings. The minimum absolute atomic E-state index is 0.173. The number of nitrogen functional groups attached to an aromatic ring is 1. The average Bonchev–Trinajstić information content (AvgIpc) is 2.44. The Morgan fingerprint density at radius 1 is 1.30 bits per heavy atom. The van der Waals surface area contributed by atoms with Crippen LogP contribution in [0.5, 0.6) is 5.75 Å². The predicted molar refractivity (Wildman–Crippen MR) is 76.8 cm³/mol. The molecule has 6 heteroatoms. The van der Waals surface area contributed by atoms with Crippen LogP contribution < -0.4 is 11.1 Å². The first kappa shape index (κ1) is 16.3. The Balaban J connectivity index is 2.19. The predicted octanol–water partition coefficient (Wildman–Crippen LogP) is 1.15. The van der Waals surface area contributed by atoms with Gasteiger partial charge in [-0.1, -0.05) is 6.07 Å². The van der Waals surface area contributed by atoms with Crippen molar-refractivity contribution in [3.63, 3.8) is 0 Å². The maximum Gasteiger partial charge on any atom is 0.255 e. The zero-order valence-electron chi connectivity index (χ0n) is 11.7. The zero-order chi connectivity index (χ0) is 14.8. The summed E-state index contributed by atoms with van der Waals surface area (Å²) in [5.41, 5.74) is 5.93.